The summed E-state index contributed by atoms with van der Waals surface area (Å²) >= 11 is 3.61. The molecule has 1 fully saturated rings. The van der Waals surface area contributed by atoms with Crippen LogP contribution in [0, 0.1) is 0 Å². The molecule has 10 heteroatoms. The van der Waals surface area contributed by atoms with Crippen molar-refractivity contribution in [1.29, 1.82) is 0 Å². The lowest BCUT2D eigenvalue weighted by molar-refractivity contribution is 0.231. The van der Waals surface area contributed by atoms with Crippen LogP contribution in [0.25, 0.3) is 17.2 Å². The van der Waals surface area contributed by atoms with Gasteiger partial charge >= 0.3 is 0 Å². The third-order valence-electron chi connectivity index (χ3n) is 5.58. The molecule has 0 radical (unpaired) electrons. The summed E-state index contributed by atoms with van der Waals surface area (Å²) in [5.41, 5.74) is 8.72. The highest BCUT2D eigenvalue weighted by Gasteiger charge is 2.26. The second-order valence-corrected chi connectivity index (χ2v) is 8.56. The summed E-state index contributed by atoms with van der Waals surface area (Å²) in [7, 11) is 1.95. The smallest absolute Gasteiger partial charge is 0.218 e. The molecular formula is C20H23BrN8O. The van der Waals surface area contributed by atoms with Crippen LogP contribution in [-0.4, -0.2) is 46.8 Å². The molecule has 0 aliphatic carbocycles. The van der Waals surface area contributed by atoms with Crippen LogP contribution in [0.4, 0.5) is 5.82 Å². The number of fused-ring (bicyclic) bond motifs is 1. The van der Waals surface area contributed by atoms with Crippen LogP contribution in [-0.2, 0) is 20.0 Å². The van der Waals surface area contributed by atoms with Crippen molar-refractivity contribution < 1.29 is 4.42 Å². The van der Waals surface area contributed by atoms with Gasteiger partial charge in [-0.2, -0.15) is 5.10 Å². The SMILES string of the molecule is Cn1cc(Br)c(CN2CCC[C@@H]2CCc2cn3nc(-c4ccco4)nc3c(N)n2)n1. The largest absolute Gasteiger partial charge is 0.461 e. The van der Waals surface area contributed by atoms with Crippen LogP contribution < -0.4 is 5.73 Å². The Balaban J connectivity index is 1.30. The molecule has 0 saturated carbocycles. The Morgan fingerprint density at radius 2 is 2.17 bits per heavy atom. The summed E-state index contributed by atoms with van der Waals surface area (Å²) in [5, 5.41) is 9.07. The summed E-state index contributed by atoms with van der Waals surface area (Å²) in [5.74, 6) is 1.51. The van der Waals surface area contributed by atoms with E-state index < -0.39 is 0 Å². The number of hydrogen-bond donors (Lipinski definition) is 1. The number of anilines is 1. The van der Waals surface area contributed by atoms with Crippen molar-refractivity contribution in [2.75, 3.05) is 12.3 Å². The van der Waals surface area contributed by atoms with Crippen molar-refractivity contribution in [2.24, 2.45) is 7.05 Å². The van der Waals surface area contributed by atoms with E-state index >= 15 is 0 Å². The number of likely N-dealkylation sites (tertiary alicyclic amines) is 1. The average molecular weight is 471 g/mol. The summed E-state index contributed by atoms with van der Waals surface area (Å²) in [4.78, 5) is 11.5. The summed E-state index contributed by atoms with van der Waals surface area (Å²) in [6.07, 6.45) is 9.76. The van der Waals surface area contributed by atoms with Gasteiger partial charge in [-0.15, -0.1) is 5.10 Å². The topological polar surface area (TPSA) is 103 Å². The number of furan rings is 1. The number of aryl methyl sites for hydroxylation is 2. The Hall–Kier alpha value is -2.72. The first-order chi connectivity index (χ1) is 14.6. The Bertz CT molecular complexity index is 1170. The van der Waals surface area contributed by atoms with Gasteiger partial charge in [0.1, 0.15) is 0 Å². The van der Waals surface area contributed by atoms with Crippen LogP contribution in [0.1, 0.15) is 30.7 Å². The first-order valence-electron chi connectivity index (χ1n) is 10.0. The van der Waals surface area contributed by atoms with Gasteiger partial charge in [0.15, 0.2) is 17.2 Å². The third-order valence-corrected chi connectivity index (χ3v) is 6.24. The number of nitrogen functional groups attached to an aromatic ring is 1. The number of halogens is 1. The highest BCUT2D eigenvalue weighted by molar-refractivity contribution is 9.10. The molecular weight excluding hydrogens is 448 g/mol. The van der Waals surface area contributed by atoms with E-state index in [1.54, 1.807) is 10.8 Å². The van der Waals surface area contributed by atoms with Gasteiger partial charge in [0.25, 0.3) is 0 Å². The second kappa shape index (κ2) is 7.84. The molecule has 1 saturated heterocycles. The molecule has 0 amide bonds. The molecule has 1 aliphatic heterocycles. The first kappa shape index (κ1) is 19.3. The van der Waals surface area contributed by atoms with Gasteiger partial charge in [-0.1, -0.05) is 0 Å². The lowest BCUT2D eigenvalue weighted by Gasteiger charge is -2.23. The molecule has 5 heterocycles. The van der Waals surface area contributed by atoms with E-state index in [0.717, 1.165) is 41.8 Å². The Morgan fingerprint density at radius 1 is 1.27 bits per heavy atom. The number of hydrogen-bond acceptors (Lipinski definition) is 7. The van der Waals surface area contributed by atoms with E-state index in [1.165, 1.54) is 12.8 Å². The molecule has 5 rings (SSSR count). The van der Waals surface area contributed by atoms with E-state index in [4.69, 9.17) is 10.2 Å². The van der Waals surface area contributed by atoms with E-state index in [1.807, 2.05) is 36.3 Å². The van der Waals surface area contributed by atoms with Gasteiger partial charge in [-0.05, 0) is 60.3 Å². The predicted molar refractivity (Wildman–Crippen MR) is 116 cm³/mol. The Kier molecular flexibility index (Phi) is 5.03. The fraction of sp³-hybridized carbons (Fsp3) is 0.400. The lowest BCUT2D eigenvalue weighted by atomic mass is 10.1. The zero-order chi connectivity index (χ0) is 20.7. The lowest BCUT2D eigenvalue weighted by Crippen LogP contribution is -2.29. The van der Waals surface area contributed by atoms with Gasteiger partial charge in [0.2, 0.25) is 5.82 Å². The normalized spacial score (nSPS) is 17.3. The molecule has 0 spiro atoms. The summed E-state index contributed by atoms with van der Waals surface area (Å²) in [6, 6.07) is 4.14. The molecule has 4 aromatic heterocycles. The van der Waals surface area contributed by atoms with Crippen molar-refractivity contribution in [3.63, 3.8) is 0 Å². The molecule has 0 aromatic carbocycles. The van der Waals surface area contributed by atoms with E-state index in [0.29, 0.717) is 29.1 Å². The van der Waals surface area contributed by atoms with Crippen LogP contribution in [0.3, 0.4) is 0 Å². The molecule has 2 N–H and O–H groups in total. The van der Waals surface area contributed by atoms with Crippen molar-refractivity contribution in [3.8, 4) is 11.6 Å². The van der Waals surface area contributed by atoms with E-state index in [9.17, 15) is 0 Å². The van der Waals surface area contributed by atoms with Gasteiger partial charge < -0.3 is 10.2 Å². The van der Waals surface area contributed by atoms with Crippen LogP contribution >= 0.6 is 15.9 Å². The first-order valence-corrected chi connectivity index (χ1v) is 10.8. The maximum atomic E-state index is 6.16. The molecule has 4 aromatic rings. The molecule has 1 atom stereocenters. The minimum atomic E-state index is 0.388. The van der Waals surface area contributed by atoms with Crippen LogP contribution in [0.2, 0.25) is 0 Å². The number of aromatic nitrogens is 6. The van der Waals surface area contributed by atoms with E-state index in [2.05, 4.69) is 41.0 Å². The molecule has 30 heavy (non-hydrogen) atoms. The van der Waals surface area contributed by atoms with Crippen molar-refractivity contribution in [2.45, 2.75) is 38.3 Å². The third kappa shape index (κ3) is 3.72. The highest BCUT2D eigenvalue weighted by atomic mass is 79.9. The Morgan fingerprint density at radius 3 is 2.93 bits per heavy atom. The number of rotatable bonds is 6. The molecule has 0 bridgehead atoms. The Labute approximate surface area is 182 Å². The monoisotopic (exact) mass is 470 g/mol. The minimum Gasteiger partial charge on any atom is -0.461 e. The van der Waals surface area contributed by atoms with Crippen LogP contribution in [0.15, 0.2) is 39.7 Å². The molecule has 9 nitrogen and oxygen atoms in total. The van der Waals surface area contributed by atoms with Gasteiger partial charge in [-0.3, -0.25) is 9.58 Å². The van der Waals surface area contributed by atoms with Gasteiger partial charge in [-0.25, -0.2) is 14.5 Å². The summed E-state index contributed by atoms with van der Waals surface area (Å²) in [6.45, 7) is 1.95. The summed E-state index contributed by atoms with van der Waals surface area (Å²) < 4.78 is 10.0. The standard InChI is InChI=1S/C20H23BrN8O/c1-27-11-15(21)16(25-27)12-28-8-2-4-14(28)7-6-13-10-29-20(18(22)23-13)24-19(26-29)17-5-3-9-30-17/h3,5,9-11,14H,2,4,6-8,12H2,1H3,(H2,22,23)/t14-/m1/s1. The maximum Gasteiger partial charge on any atom is 0.218 e. The van der Waals surface area contributed by atoms with Gasteiger partial charge in [0.05, 0.1) is 28.3 Å². The average Bonchev–Trinajstić information content (AvgIpc) is 3.48. The molecule has 156 valence electrons. The van der Waals surface area contributed by atoms with E-state index in [-0.39, 0.29) is 0 Å². The van der Waals surface area contributed by atoms with Gasteiger partial charge in [0, 0.05) is 25.8 Å². The predicted octanol–water partition coefficient (Wildman–Crippen LogP) is 3.06. The molecule has 1 aliphatic rings. The number of nitrogens with two attached hydrogens (primary N) is 1. The van der Waals surface area contributed by atoms with Crippen molar-refractivity contribution in [3.05, 3.63) is 46.7 Å². The zero-order valence-corrected chi connectivity index (χ0v) is 18.3. The van der Waals surface area contributed by atoms with Crippen LogP contribution in [0.5, 0.6) is 0 Å². The van der Waals surface area contributed by atoms with Crippen molar-refractivity contribution in [1.82, 2.24) is 34.3 Å². The fourth-order valence-electron chi connectivity index (χ4n) is 4.14. The fourth-order valence-corrected chi connectivity index (χ4v) is 4.64. The molecule has 0 unspecified atom stereocenters. The minimum absolute atomic E-state index is 0.388. The maximum absolute atomic E-state index is 6.16. The number of nitrogens with zero attached hydrogens (tertiary/aromatic N) is 7. The quantitative estimate of drug-likeness (QED) is 0.461. The second-order valence-electron chi connectivity index (χ2n) is 7.70. The highest BCUT2D eigenvalue weighted by Crippen LogP contribution is 2.26. The van der Waals surface area contributed by atoms with Crippen molar-refractivity contribution >= 4 is 27.4 Å². The zero-order valence-electron chi connectivity index (χ0n) is 16.7.